The maximum Gasteiger partial charge on any atom is 0.252 e. The zero-order chi connectivity index (χ0) is 18.7. The molecule has 5 nitrogen and oxygen atoms in total. The minimum absolute atomic E-state index is 0.000889. The molecule has 1 saturated heterocycles. The number of rotatable bonds is 5. The number of carbonyl (C=O) groups is 1. The molecule has 3 rings (SSSR count). The number of hydrogen-bond donors (Lipinski definition) is 0. The fourth-order valence-corrected chi connectivity index (χ4v) is 6.30. The predicted octanol–water partition coefficient (Wildman–Crippen LogP) is 3.51. The van der Waals surface area contributed by atoms with Gasteiger partial charge in [-0.3, -0.25) is 4.79 Å². The summed E-state index contributed by atoms with van der Waals surface area (Å²) in [6, 6.07) is 13.0. The highest BCUT2D eigenvalue weighted by Gasteiger charge is 2.35. The molecule has 26 heavy (non-hydrogen) atoms. The number of piperidine rings is 1. The third-order valence-electron chi connectivity index (χ3n) is 4.69. The van der Waals surface area contributed by atoms with E-state index in [-0.39, 0.29) is 18.4 Å². The standard InChI is InChI=1S/C19H24N2O3S2/c1-3-21(17-9-5-4-6-10-17)19(22)16-8-7-13-20(14-16)26(23,24)18-12-11-15(2)25-18/h4-6,9-12,16H,3,7-8,13-14H2,1-2H3/t16-/m0/s1. The average molecular weight is 393 g/mol. The summed E-state index contributed by atoms with van der Waals surface area (Å²) in [5.74, 6) is -0.305. The summed E-state index contributed by atoms with van der Waals surface area (Å²) in [5, 5.41) is 0. The number of nitrogens with zero attached hydrogens (tertiary/aromatic N) is 2. The number of para-hydroxylation sites is 1. The number of sulfonamides is 1. The van der Waals surface area contributed by atoms with Crippen molar-refractivity contribution in [2.45, 2.75) is 30.9 Å². The Hall–Kier alpha value is -1.70. The van der Waals surface area contributed by atoms with Crippen molar-refractivity contribution in [3.05, 3.63) is 47.3 Å². The molecule has 1 fully saturated rings. The summed E-state index contributed by atoms with van der Waals surface area (Å²) in [7, 11) is -3.52. The lowest BCUT2D eigenvalue weighted by Gasteiger charge is -2.33. The summed E-state index contributed by atoms with van der Waals surface area (Å²) in [6.07, 6.45) is 1.42. The van der Waals surface area contributed by atoms with Crippen molar-refractivity contribution in [2.24, 2.45) is 5.92 Å². The molecule has 1 amide bonds. The molecule has 1 atom stereocenters. The van der Waals surface area contributed by atoms with Crippen molar-refractivity contribution >= 4 is 33.0 Å². The Balaban J connectivity index is 1.78. The largest absolute Gasteiger partial charge is 0.312 e. The van der Waals surface area contributed by atoms with Crippen LogP contribution in [0.3, 0.4) is 0 Å². The molecule has 1 aliphatic rings. The van der Waals surface area contributed by atoms with Gasteiger partial charge in [0.05, 0.1) is 5.92 Å². The predicted molar refractivity (Wildman–Crippen MR) is 105 cm³/mol. The number of anilines is 1. The first-order valence-electron chi connectivity index (χ1n) is 8.86. The van der Waals surface area contributed by atoms with Crippen LogP contribution in [0.2, 0.25) is 0 Å². The van der Waals surface area contributed by atoms with Gasteiger partial charge in [-0.25, -0.2) is 8.42 Å². The van der Waals surface area contributed by atoms with Crippen molar-refractivity contribution in [1.82, 2.24) is 4.31 Å². The topological polar surface area (TPSA) is 57.7 Å². The van der Waals surface area contributed by atoms with Crippen LogP contribution in [-0.4, -0.2) is 38.3 Å². The summed E-state index contributed by atoms with van der Waals surface area (Å²) in [5.41, 5.74) is 0.855. The quantitative estimate of drug-likeness (QED) is 0.782. The van der Waals surface area contributed by atoms with Crippen molar-refractivity contribution in [1.29, 1.82) is 0 Å². The van der Waals surface area contributed by atoms with E-state index in [4.69, 9.17) is 0 Å². The molecule has 1 aromatic heterocycles. The van der Waals surface area contributed by atoms with Gasteiger partial charge < -0.3 is 4.90 Å². The van der Waals surface area contributed by atoms with Crippen LogP contribution in [-0.2, 0) is 14.8 Å². The smallest absolute Gasteiger partial charge is 0.252 e. The summed E-state index contributed by atoms with van der Waals surface area (Å²) < 4.78 is 27.6. The molecule has 0 aliphatic carbocycles. The highest BCUT2D eigenvalue weighted by molar-refractivity contribution is 7.91. The number of benzene rings is 1. The summed E-state index contributed by atoms with van der Waals surface area (Å²) in [6.45, 7) is 5.13. The Labute approximate surface area is 159 Å². The van der Waals surface area contributed by atoms with Crippen molar-refractivity contribution < 1.29 is 13.2 Å². The van der Waals surface area contributed by atoms with Gasteiger partial charge in [-0.15, -0.1) is 11.3 Å². The fraction of sp³-hybridized carbons (Fsp3) is 0.421. The van der Waals surface area contributed by atoms with Crippen LogP contribution in [0, 0.1) is 12.8 Å². The number of thiophene rings is 1. The van der Waals surface area contributed by atoms with Gasteiger partial charge in [0.1, 0.15) is 4.21 Å². The monoisotopic (exact) mass is 392 g/mol. The van der Waals surface area contributed by atoms with E-state index in [0.717, 1.165) is 17.0 Å². The molecule has 0 N–H and O–H groups in total. The van der Waals surface area contributed by atoms with Crippen molar-refractivity contribution in [3.63, 3.8) is 0 Å². The molecule has 140 valence electrons. The minimum Gasteiger partial charge on any atom is -0.312 e. The molecular formula is C19H24N2O3S2. The number of hydrogen-bond acceptors (Lipinski definition) is 4. The first-order valence-corrected chi connectivity index (χ1v) is 11.1. The zero-order valence-corrected chi connectivity index (χ0v) is 16.7. The van der Waals surface area contributed by atoms with E-state index in [0.29, 0.717) is 23.7 Å². The maximum absolute atomic E-state index is 13.0. The maximum atomic E-state index is 13.0. The van der Waals surface area contributed by atoms with E-state index in [9.17, 15) is 13.2 Å². The molecule has 2 heterocycles. The summed E-state index contributed by atoms with van der Waals surface area (Å²) in [4.78, 5) is 15.8. The Morgan fingerprint density at radius 1 is 1.23 bits per heavy atom. The molecular weight excluding hydrogens is 368 g/mol. The number of carbonyl (C=O) groups excluding carboxylic acids is 1. The molecule has 1 aromatic carbocycles. The van der Waals surface area contributed by atoms with Gasteiger partial charge in [0.25, 0.3) is 10.0 Å². The Morgan fingerprint density at radius 2 is 1.96 bits per heavy atom. The van der Waals surface area contributed by atoms with Crippen LogP contribution in [0.25, 0.3) is 0 Å². The SMILES string of the molecule is CCN(C(=O)[C@H]1CCCN(S(=O)(=O)c2ccc(C)s2)C1)c1ccccc1. The second kappa shape index (κ2) is 7.90. The van der Waals surface area contributed by atoms with Crippen LogP contribution < -0.4 is 4.90 Å². The van der Waals surface area contributed by atoms with Gasteiger partial charge in [-0.05, 0) is 51.0 Å². The third kappa shape index (κ3) is 3.84. The first kappa shape index (κ1) is 19.1. The van der Waals surface area contributed by atoms with Crippen LogP contribution in [0.1, 0.15) is 24.6 Å². The fourth-order valence-electron chi connectivity index (χ4n) is 3.33. The molecule has 2 aromatic rings. The van der Waals surface area contributed by atoms with Gasteiger partial charge in [-0.1, -0.05) is 18.2 Å². The van der Waals surface area contributed by atoms with Gasteiger partial charge in [0.2, 0.25) is 5.91 Å². The van der Waals surface area contributed by atoms with Crippen LogP contribution in [0.5, 0.6) is 0 Å². The van der Waals surface area contributed by atoms with Gasteiger partial charge >= 0.3 is 0 Å². The summed E-state index contributed by atoms with van der Waals surface area (Å²) >= 11 is 1.28. The van der Waals surface area contributed by atoms with Crippen molar-refractivity contribution in [3.8, 4) is 0 Å². The zero-order valence-electron chi connectivity index (χ0n) is 15.1. The normalized spacial score (nSPS) is 18.6. The lowest BCUT2D eigenvalue weighted by atomic mass is 9.98. The number of aryl methyl sites for hydroxylation is 1. The molecule has 0 radical (unpaired) electrons. The number of amides is 1. The van der Waals surface area contributed by atoms with Crippen molar-refractivity contribution in [2.75, 3.05) is 24.5 Å². The van der Waals surface area contributed by atoms with Crippen LogP contribution in [0.4, 0.5) is 5.69 Å². The van der Waals surface area contributed by atoms with E-state index >= 15 is 0 Å². The van der Waals surface area contributed by atoms with Gasteiger partial charge in [-0.2, -0.15) is 4.31 Å². The molecule has 0 saturated carbocycles. The van der Waals surface area contributed by atoms with E-state index in [2.05, 4.69) is 0 Å². The highest BCUT2D eigenvalue weighted by atomic mass is 32.2. The van der Waals surface area contributed by atoms with E-state index in [1.165, 1.54) is 15.6 Å². The lowest BCUT2D eigenvalue weighted by molar-refractivity contribution is -0.123. The van der Waals surface area contributed by atoms with E-state index in [1.54, 1.807) is 11.0 Å². The van der Waals surface area contributed by atoms with Crippen LogP contribution >= 0.6 is 11.3 Å². The minimum atomic E-state index is -3.52. The average Bonchev–Trinajstić information content (AvgIpc) is 3.10. The molecule has 0 spiro atoms. The Morgan fingerprint density at radius 3 is 2.58 bits per heavy atom. The van der Waals surface area contributed by atoms with E-state index in [1.807, 2.05) is 50.2 Å². The lowest BCUT2D eigenvalue weighted by Crippen LogP contribution is -2.46. The molecule has 0 unspecified atom stereocenters. The first-order chi connectivity index (χ1) is 12.4. The third-order valence-corrected chi connectivity index (χ3v) is 8.03. The van der Waals surface area contributed by atoms with Gasteiger partial charge in [0, 0.05) is 30.2 Å². The second-order valence-corrected chi connectivity index (χ2v) is 9.94. The van der Waals surface area contributed by atoms with Crippen LogP contribution in [0.15, 0.2) is 46.7 Å². The van der Waals surface area contributed by atoms with Gasteiger partial charge in [0.15, 0.2) is 0 Å². The Bertz CT molecular complexity index is 862. The molecule has 1 aliphatic heterocycles. The Kier molecular flexibility index (Phi) is 5.79. The molecule has 7 heteroatoms. The molecule has 0 bridgehead atoms. The second-order valence-electron chi connectivity index (χ2n) is 6.49. The van der Waals surface area contributed by atoms with E-state index < -0.39 is 10.0 Å². The highest BCUT2D eigenvalue weighted by Crippen LogP contribution is 2.29.